The molecule has 0 saturated carbocycles. The van der Waals surface area contributed by atoms with E-state index in [0.717, 1.165) is 16.7 Å². The molecule has 1 fully saturated rings. The fourth-order valence-corrected chi connectivity index (χ4v) is 3.85. The van der Waals surface area contributed by atoms with Gasteiger partial charge < -0.3 is 0 Å². The van der Waals surface area contributed by atoms with E-state index < -0.39 is 0 Å². The zero-order valence-corrected chi connectivity index (χ0v) is 10.7. The van der Waals surface area contributed by atoms with Crippen LogP contribution in [-0.4, -0.2) is 16.6 Å². The SMILES string of the molecule is O=C1CSC2c3ccc(F)cc3-c3cccnc3N12. The molecule has 19 heavy (non-hydrogen) atoms. The first-order chi connectivity index (χ1) is 9.25. The van der Waals surface area contributed by atoms with Crippen LogP contribution in [0.15, 0.2) is 36.5 Å². The third-order valence-corrected chi connectivity index (χ3v) is 4.65. The molecule has 3 heterocycles. The molecule has 3 nitrogen and oxygen atoms in total. The minimum atomic E-state index is -0.267. The van der Waals surface area contributed by atoms with Gasteiger partial charge in [-0.1, -0.05) is 6.07 Å². The zero-order valence-electron chi connectivity index (χ0n) is 9.84. The second kappa shape index (κ2) is 3.81. The number of carbonyl (C=O) groups is 1. The van der Waals surface area contributed by atoms with Gasteiger partial charge in [0.05, 0.1) is 5.75 Å². The number of amides is 1. The monoisotopic (exact) mass is 272 g/mol. The fraction of sp³-hybridized carbons (Fsp3) is 0.143. The van der Waals surface area contributed by atoms with Crippen LogP contribution in [0.2, 0.25) is 0 Å². The Hall–Kier alpha value is -1.88. The van der Waals surface area contributed by atoms with Crippen molar-refractivity contribution in [3.05, 3.63) is 47.9 Å². The van der Waals surface area contributed by atoms with Gasteiger partial charge in [-0.2, -0.15) is 0 Å². The number of rotatable bonds is 0. The summed E-state index contributed by atoms with van der Waals surface area (Å²) in [6.07, 6.45) is 1.66. The van der Waals surface area contributed by atoms with Gasteiger partial charge in [-0.15, -0.1) is 11.8 Å². The molecule has 1 atom stereocenters. The maximum atomic E-state index is 13.5. The molecule has 1 amide bonds. The molecule has 2 aliphatic rings. The van der Waals surface area contributed by atoms with Crippen molar-refractivity contribution < 1.29 is 9.18 Å². The van der Waals surface area contributed by atoms with Gasteiger partial charge in [0.15, 0.2) is 0 Å². The highest BCUT2D eigenvalue weighted by atomic mass is 32.2. The summed E-state index contributed by atoms with van der Waals surface area (Å²) in [5, 5.41) is -0.0782. The average molecular weight is 272 g/mol. The Labute approximate surface area is 113 Å². The highest BCUT2D eigenvalue weighted by molar-refractivity contribution is 8.00. The minimum Gasteiger partial charge on any atom is -0.279 e. The summed E-state index contributed by atoms with van der Waals surface area (Å²) >= 11 is 1.56. The minimum absolute atomic E-state index is 0.0601. The molecule has 1 aromatic heterocycles. The normalized spacial score (nSPS) is 19.9. The van der Waals surface area contributed by atoms with Crippen LogP contribution >= 0.6 is 11.8 Å². The molecule has 0 aliphatic carbocycles. The van der Waals surface area contributed by atoms with Crippen molar-refractivity contribution in [1.29, 1.82) is 0 Å². The van der Waals surface area contributed by atoms with Crippen molar-refractivity contribution in [3.8, 4) is 11.1 Å². The maximum Gasteiger partial charge on any atom is 0.239 e. The van der Waals surface area contributed by atoms with Gasteiger partial charge in [0.2, 0.25) is 5.91 Å². The standard InChI is InChI=1S/C14H9FN2OS/c15-8-3-4-10-11(6-8)9-2-1-5-16-13(9)17-12(18)7-19-14(10)17/h1-6,14H,7H2. The average Bonchev–Trinajstić information content (AvgIpc) is 2.81. The van der Waals surface area contributed by atoms with Crippen LogP contribution in [0.25, 0.3) is 11.1 Å². The molecule has 1 saturated heterocycles. The first-order valence-electron chi connectivity index (χ1n) is 5.94. The van der Waals surface area contributed by atoms with Crippen LogP contribution < -0.4 is 4.90 Å². The van der Waals surface area contributed by atoms with E-state index in [0.29, 0.717) is 11.6 Å². The molecule has 4 rings (SSSR count). The number of halogens is 1. The molecule has 0 bridgehead atoms. The Kier molecular flexibility index (Phi) is 2.20. The number of hydrogen-bond acceptors (Lipinski definition) is 3. The van der Waals surface area contributed by atoms with Crippen LogP contribution in [0.4, 0.5) is 10.2 Å². The van der Waals surface area contributed by atoms with E-state index in [2.05, 4.69) is 4.98 Å². The Bertz CT molecular complexity index is 704. The zero-order chi connectivity index (χ0) is 13.0. The summed E-state index contributed by atoms with van der Waals surface area (Å²) in [7, 11) is 0. The Balaban J connectivity index is 2.05. The quantitative estimate of drug-likeness (QED) is 0.739. The predicted molar refractivity (Wildman–Crippen MR) is 72.3 cm³/mol. The summed E-state index contributed by atoms with van der Waals surface area (Å²) in [6, 6.07) is 8.43. The van der Waals surface area contributed by atoms with E-state index in [4.69, 9.17) is 0 Å². The maximum absolute atomic E-state index is 13.5. The lowest BCUT2D eigenvalue weighted by Crippen LogP contribution is -2.31. The third-order valence-electron chi connectivity index (χ3n) is 3.45. The molecule has 0 spiro atoms. The Morgan fingerprint density at radius 3 is 3.11 bits per heavy atom. The molecule has 1 unspecified atom stereocenters. The summed E-state index contributed by atoms with van der Waals surface area (Å²) in [5.41, 5.74) is 2.65. The topological polar surface area (TPSA) is 33.2 Å². The van der Waals surface area contributed by atoms with Crippen molar-refractivity contribution in [2.24, 2.45) is 0 Å². The summed E-state index contributed by atoms with van der Waals surface area (Å²) in [6.45, 7) is 0. The van der Waals surface area contributed by atoms with Gasteiger partial charge in [0.25, 0.3) is 0 Å². The largest absolute Gasteiger partial charge is 0.279 e. The van der Waals surface area contributed by atoms with Crippen molar-refractivity contribution in [2.75, 3.05) is 10.7 Å². The number of carbonyl (C=O) groups excluding carboxylic acids is 1. The van der Waals surface area contributed by atoms with Gasteiger partial charge >= 0.3 is 0 Å². The predicted octanol–water partition coefficient (Wildman–Crippen LogP) is 2.98. The molecule has 2 aliphatic heterocycles. The van der Waals surface area contributed by atoms with Crippen LogP contribution in [0.3, 0.4) is 0 Å². The lowest BCUT2D eigenvalue weighted by atomic mass is 9.95. The van der Waals surface area contributed by atoms with Crippen LogP contribution in [-0.2, 0) is 4.79 Å². The van der Waals surface area contributed by atoms with Gasteiger partial charge in [0.1, 0.15) is 17.0 Å². The van der Waals surface area contributed by atoms with E-state index in [1.165, 1.54) is 12.1 Å². The van der Waals surface area contributed by atoms with E-state index in [-0.39, 0.29) is 17.1 Å². The highest BCUT2D eigenvalue weighted by Gasteiger charge is 2.40. The van der Waals surface area contributed by atoms with Gasteiger partial charge in [0, 0.05) is 11.8 Å². The summed E-state index contributed by atoms with van der Waals surface area (Å²) in [4.78, 5) is 18.1. The van der Waals surface area contributed by atoms with E-state index in [9.17, 15) is 9.18 Å². The van der Waals surface area contributed by atoms with Crippen molar-refractivity contribution in [1.82, 2.24) is 4.98 Å². The lowest BCUT2D eigenvalue weighted by Gasteiger charge is -2.31. The molecule has 94 valence electrons. The first kappa shape index (κ1) is 11.0. The second-order valence-electron chi connectivity index (χ2n) is 4.53. The fourth-order valence-electron chi connectivity index (χ4n) is 2.66. The van der Waals surface area contributed by atoms with E-state index in [1.807, 2.05) is 12.1 Å². The number of anilines is 1. The molecular weight excluding hydrogens is 263 g/mol. The van der Waals surface area contributed by atoms with Crippen molar-refractivity contribution in [2.45, 2.75) is 5.37 Å². The summed E-state index contributed by atoms with van der Waals surface area (Å²) in [5.74, 6) is 0.874. The van der Waals surface area contributed by atoms with E-state index in [1.54, 1.807) is 28.9 Å². The van der Waals surface area contributed by atoms with Crippen molar-refractivity contribution >= 4 is 23.5 Å². The molecule has 0 N–H and O–H groups in total. The van der Waals surface area contributed by atoms with Crippen LogP contribution in [0.5, 0.6) is 0 Å². The number of nitrogens with zero attached hydrogens (tertiary/aromatic N) is 2. The number of aromatic nitrogens is 1. The molecule has 0 radical (unpaired) electrons. The number of hydrogen-bond donors (Lipinski definition) is 0. The number of fused-ring (bicyclic) bond motifs is 6. The number of thioether (sulfide) groups is 1. The number of pyridine rings is 1. The number of benzene rings is 1. The third kappa shape index (κ3) is 1.45. The van der Waals surface area contributed by atoms with Gasteiger partial charge in [-0.05, 0) is 35.4 Å². The Morgan fingerprint density at radius 1 is 1.32 bits per heavy atom. The Morgan fingerprint density at radius 2 is 2.21 bits per heavy atom. The van der Waals surface area contributed by atoms with Gasteiger partial charge in [-0.3, -0.25) is 9.69 Å². The van der Waals surface area contributed by atoms with Gasteiger partial charge in [-0.25, -0.2) is 9.37 Å². The van der Waals surface area contributed by atoms with Crippen molar-refractivity contribution in [3.63, 3.8) is 0 Å². The van der Waals surface area contributed by atoms with Crippen LogP contribution in [0, 0.1) is 5.82 Å². The molecule has 5 heteroatoms. The second-order valence-corrected chi connectivity index (χ2v) is 5.60. The first-order valence-corrected chi connectivity index (χ1v) is 6.99. The molecule has 1 aromatic carbocycles. The smallest absolute Gasteiger partial charge is 0.239 e. The highest BCUT2D eigenvalue weighted by Crippen LogP contribution is 2.51. The van der Waals surface area contributed by atoms with E-state index >= 15 is 0 Å². The molecule has 2 aromatic rings. The van der Waals surface area contributed by atoms with Crippen LogP contribution in [0.1, 0.15) is 10.9 Å². The lowest BCUT2D eigenvalue weighted by molar-refractivity contribution is -0.115. The summed E-state index contributed by atoms with van der Waals surface area (Å²) < 4.78 is 13.5. The molecular formula is C14H9FN2OS.